The van der Waals surface area contributed by atoms with Crippen LogP contribution in [0.15, 0.2) is 53.4 Å². The normalized spacial score (nSPS) is 10.7. The van der Waals surface area contributed by atoms with Crippen LogP contribution in [0.3, 0.4) is 0 Å². The van der Waals surface area contributed by atoms with Crippen molar-refractivity contribution < 1.29 is 19.2 Å². The maximum Gasteiger partial charge on any atom is 0.316 e. The molecule has 0 aliphatic carbocycles. The fraction of sp³-hybridized carbons (Fsp3) is 0.158. The van der Waals surface area contributed by atoms with Gasteiger partial charge in [-0.3, -0.25) is 19.7 Å². The number of nitrogens with zero attached hydrogens (tertiary/aromatic N) is 1. The van der Waals surface area contributed by atoms with Crippen LogP contribution in [0.4, 0.5) is 5.69 Å². The molecule has 0 saturated heterocycles. The van der Waals surface area contributed by atoms with Gasteiger partial charge >= 0.3 is 5.97 Å². The number of non-ortho nitro benzene ring substituents is 1. The van der Waals surface area contributed by atoms with Crippen molar-refractivity contribution in [2.75, 3.05) is 12.4 Å². The first-order valence-electron chi connectivity index (χ1n) is 8.09. The summed E-state index contributed by atoms with van der Waals surface area (Å²) >= 11 is 1.19. The van der Waals surface area contributed by atoms with Crippen LogP contribution in [-0.2, 0) is 9.53 Å². The zero-order valence-electron chi connectivity index (χ0n) is 14.4. The second-order valence-corrected chi connectivity index (χ2v) is 6.84. The number of rotatable bonds is 7. The number of ether oxygens (including phenoxy) is 1. The molecule has 1 N–H and O–H groups in total. The summed E-state index contributed by atoms with van der Waals surface area (Å²) in [5.41, 5.74) is 2.11. The van der Waals surface area contributed by atoms with Crippen molar-refractivity contribution in [3.05, 3.63) is 69.9 Å². The molecule has 1 aromatic heterocycles. The molecule has 3 rings (SSSR count). The molecule has 138 valence electrons. The number of carbonyl (C=O) groups excluding carboxylic acids is 2. The first kappa shape index (κ1) is 18.7. The van der Waals surface area contributed by atoms with E-state index in [1.54, 1.807) is 19.1 Å². The number of carbonyl (C=O) groups is 2. The summed E-state index contributed by atoms with van der Waals surface area (Å²) in [4.78, 5) is 38.3. The van der Waals surface area contributed by atoms with Crippen LogP contribution in [0, 0.1) is 17.0 Å². The number of fused-ring (bicyclic) bond motifs is 1. The second kappa shape index (κ2) is 8.05. The SMILES string of the molecule is Cc1[nH]c2ccccc2c1C(=O)COC(=O)CSc1ccc([N+](=O)[O-])cc1. The number of aromatic nitrogens is 1. The van der Waals surface area contributed by atoms with E-state index in [0.29, 0.717) is 10.5 Å². The molecule has 0 fully saturated rings. The lowest BCUT2D eigenvalue weighted by Gasteiger charge is -2.05. The van der Waals surface area contributed by atoms with Gasteiger partial charge in [-0.1, -0.05) is 18.2 Å². The number of hydrogen-bond acceptors (Lipinski definition) is 6. The summed E-state index contributed by atoms with van der Waals surface area (Å²) in [6, 6.07) is 13.3. The Morgan fingerprint density at radius 2 is 1.85 bits per heavy atom. The molecule has 8 heteroatoms. The van der Waals surface area contributed by atoms with Gasteiger partial charge in [-0.2, -0.15) is 0 Å². The zero-order valence-corrected chi connectivity index (χ0v) is 15.2. The van der Waals surface area contributed by atoms with Crippen LogP contribution in [0.5, 0.6) is 0 Å². The molecule has 7 nitrogen and oxygen atoms in total. The van der Waals surface area contributed by atoms with Gasteiger partial charge in [0.05, 0.1) is 10.7 Å². The first-order valence-corrected chi connectivity index (χ1v) is 9.07. The number of para-hydroxylation sites is 1. The van der Waals surface area contributed by atoms with Crippen LogP contribution in [0.2, 0.25) is 0 Å². The van der Waals surface area contributed by atoms with E-state index in [2.05, 4.69) is 4.98 Å². The van der Waals surface area contributed by atoms with E-state index in [0.717, 1.165) is 16.6 Å². The average Bonchev–Trinajstić information content (AvgIpc) is 3.00. The molecule has 0 saturated carbocycles. The standard InChI is InChI=1S/C19H16N2O5S/c1-12-19(15-4-2-3-5-16(15)20-12)17(22)10-26-18(23)11-27-14-8-6-13(7-9-14)21(24)25/h2-9,20H,10-11H2,1H3. The van der Waals surface area contributed by atoms with Gasteiger partial charge in [-0.25, -0.2) is 0 Å². The number of aromatic amines is 1. The van der Waals surface area contributed by atoms with E-state index in [-0.39, 0.29) is 23.8 Å². The van der Waals surface area contributed by atoms with Crippen LogP contribution in [-0.4, -0.2) is 34.0 Å². The second-order valence-electron chi connectivity index (χ2n) is 5.79. The van der Waals surface area contributed by atoms with Crippen molar-refractivity contribution in [3.8, 4) is 0 Å². The molecule has 0 radical (unpaired) electrons. The van der Waals surface area contributed by atoms with Crippen LogP contribution in [0.25, 0.3) is 10.9 Å². The minimum absolute atomic E-state index is 0.0119. The van der Waals surface area contributed by atoms with E-state index in [1.807, 2.05) is 24.3 Å². The first-order chi connectivity index (χ1) is 13.0. The number of ketones is 1. The summed E-state index contributed by atoms with van der Waals surface area (Å²) < 4.78 is 5.08. The number of nitrogens with one attached hydrogen (secondary N) is 1. The summed E-state index contributed by atoms with van der Waals surface area (Å²) in [5.74, 6) is -0.777. The number of esters is 1. The molecule has 27 heavy (non-hydrogen) atoms. The van der Waals surface area contributed by atoms with Gasteiger partial charge in [-0.05, 0) is 25.1 Å². The molecule has 0 amide bonds. The van der Waals surface area contributed by atoms with Crippen molar-refractivity contribution in [3.63, 3.8) is 0 Å². The molecule has 0 aliphatic rings. The maximum atomic E-state index is 12.5. The van der Waals surface area contributed by atoms with E-state index in [1.165, 1.54) is 23.9 Å². The van der Waals surface area contributed by atoms with E-state index >= 15 is 0 Å². The Labute approximate surface area is 158 Å². The fourth-order valence-corrected chi connectivity index (χ4v) is 3.40. The number of aryl methyl sites for hydroxylation is 1. The van der Waals surface area contributed by atoms with Crippen molar-refractivity contribution >= 4 is 40.1 Å². The quantitative estimate of drug-likeness (QED) is 0.218. The van der Waals surface area contributed by atoms with Crippen molar-refractivity contribution in [2.24, 2.45) is 0 Å². The highest BCUT2D eigenvalue weighted by Crippen LogP contribution is 2.23. The van der Waals surface area contributed by atoms with Crippen molar-refractivity contribution in [1.29, 1.82) is 0 Å². The Balaban J connectivity index is 1.55. The summed E-state index contributed by atoms with van der Waals surface area (Å²) in [5, 5.41) is 11.4. The Bertz CT molecular complexity index is 1010. The Morgan fingerprint density at radius 1 is 1.15 bits per heavy atom. The van der Waals surface area contributed by atoms with Crippen LogP contribution < -0.4 is 0 Å². The largest absolute Gasteiger partial charge is 0.457 e. The van der Waals surface area contributed by atoms with Crippen LogP contribution in [0.1, 0.15) is 16.1 Å². The number of hydrogen-bond donors (Lipinski definition) is 1. The van der Waals surface area contributed by atoms with Gasteiger partial charge < -0.3 is 9.72 Å². The minimum atomic E-state index is -0.524. The fourth-order valence-electron chi connectivity index (χ4n) is 2.70. The Hall–Kier alpha value is -3.13. The maximum absolute atomic E-state index is 12.5. The Morgan fingerprint density at radius 3 is 2.56 bits per heavy atom. The van der Waals surface area contributed by atoms with Gasteiger partial charge in [-0.15, -0.1) is 11.8 Å². The number of Topliss-reactive ketones (excluding diaryl/α,β-unsaturated/α-hetero) is 1. The molecular formula is C19H16N2O5S. The highest BCUT2D eigenvalue weighted by molar-refractivity contribution is 8.00. The van der Waals surface area contributed by atoms with Gasteiger partial charge in [0.1, 0.15) is 0 Å². The molecule has 0 unspecified atom stereocenters. The van der Waals surface area contributed by atoms with Gasteiger partial charge in [0.2, 0.25) is 5.78 Å². The van der Waals surface area contributed by atoms with Gasteiger partial charge in [0.25, 0.3) is 5.69 Å². The third-order valence-corrected chi connectivity index (χ3v) is 4.93. The average molecular weight is 384 g/mol. The van der Waals surface area contributed by atoms with Crippen LogP contribution >= 0.6 is 11.8 Å². The minimum Gasteiger partial charge on any atom is -0.457 e. The lowest BCUT2D eigenvalue weighted by atomic mass is 10.1. The predicted octanol–water partition coefficient (Wildman–Crippen LogP) is 3.90. The number of H-pyrrole nitrogens is 1. The van der Waals surface area contributed by atoms with Gasteiger partial charge in [0.15, 0.2) is 6.61 Å². The van der Waals surface area contributed by atoms with Gasteiger partial charge in [0, 0.05) is 39.2 Å². The molecule has 0 atom stereocenters. The van der Waals surface area contributed by atoms with E-state index in [9.17, 15) is 19.7 Å². The highest BCUT2D eigenvalue weighted by atomic mass is 32.2. The van der Waals surface area contributed by atoms with Crippen molar-refractivity contribution in [1.82, 2.24) is 4.98 Å². The molecule has 0 spiro atoms. The lowest BCUT2D eigenvalue weighted by Crippen LogP contribution is -2.16. The Kier molecular flexibility index (Phi) is 5.56. The monoisotopic (exact) mass is 384 g/mol. The zero-order chi connectivity index (χ0) is 19.4. The third kappa shape index (κ3) is 4.35. The molecule has 2 aromatic carbocycles. The molecule has 3 aromatic rings. The summed E-state index contributed by atoms with van der Waals surface area (Å²) in [6.45, 7) is 1.47. The van der Waals surface area contributed by atoms with E-state index in [4.69, 9.17) is 4.74 Å². The number of nitro groups is 1. The topological polar surface area (TPSA) is 102 Å². The van der Waals surface area contributed by atoms with E-state index < -0.39 is 10.9 Å². The number of nitro benzene ring substituents is 1. The number of thioether (sulfide) groups is 1. The molecular weight excluding hydrogens is 368 g/mol. The molecule has 0 bridgehead atoms. The third-order valence-electron chi connectivity index (χ3n) is 3.94. The predicted molar refractivity (Wildman–Crippen MR) is 102 cm³/mol. The smallest absolute Gasteiger partial charge is 0.316 e. The lowest BCUT2D eigenvalue weighted by molar-refractivity contribution is -0.384. The molecule has 0 aliphatic heterocycles. The summed E-state index contributed by atoms with van der Waals surface area (Å²) in [7, 11) is 0. The summed E-state index contributed by atoms with van der Waals surface area (Å²) in [6.07, 6.45) is 0. The van der Waals surface area contributed by atoms with Crippen molar-refractivity contribution in [2.45, 2.75) is 11.8 Å². The number of benzene rings is 2. The molecule has 1 heterocycles. The highest BCUT2D eigenvalue weighted by Gasteiger charge is 2.17.